The number of ether oxygens (including phenoxy) is 1. The van der Waals surface area contributed by atoms with E-state index < -0.39 is 0 Å². The second-order valence-corrected chi connectivity index (χ2v) is 8.94. The van der Waals surface area contributed by atoms with E-state index in [0.717, 1.165) is 16.0 Å². The molecule has 0 unspecified atom stereocenters. The molecule has 0 saturated heterocycles. The summed E-state index contributed by atoms with van der Waals surface area (Å²) in [4.78, 5) is 38.5. The van der Waals surface area contributed by atoms with E-state index in [4.69, 9.17) is 9.84 Å². The lowest BCUT2D eigenvalue weighted by Gasteiger charge is -2.07. The monoisotopic (exact) mass is 484 g/mol. The van der Waals surface area contributed by atoms with Crippen molar-refractivity contribution in [2.75, 3.05) is 13.2 Å². The molecule has 0 aliphatic rings. The zero-order chi connectivity index (χ0) is 24.6. The Kier molecular flexibility index (Phi) is 7.98. The van der Waals surface area contributed by atoms with E-state index >= 15 is 0 Å². The zero-order valence-corrected chi connectivity index (χ0v) is 19.8. The van der Waals surface area contributed by atoms with Crippen molar-refractivity contribution in [2.24, 2.45) is 0 Å². The van der Waals surface area contributed by atoms with Crippen LogP contribution < -0.4 is 4.74 Å². The number of Topliss-reactive ketones (excluding diaryl/α,β-unsaturated/α-hetero) is 2. The van der Waals surface area contributed by atoms with Gasteiger partial charge in [-0.3, -0.25) is 14.4 Å². The molecule has 0 radical (unpaired) electrons. The standard InChI is InChI=1S/C29H24O5S/c30-15-16-34-25-13-11-22(12-14-25)26(31)18-20-3-7-23(8-4-20)29(33)24-9-5-21(6-10-24)19-27(32)28-2-1-17-35-28/h1-14,17,30H,15-16,18-19H2. The average molecular weight is 485 g/mol. The quantitative estimate of drug-likeness (QED) is 0.296. The first-order chi connectivity index (χ1) is 17.0. The van der Waals surface area contributed by atoms with Crippen LogP contribution in [0.5, 0.6) is 5.75 Å². The lowest BCUT2D eigenvalue weighted by Crippen LogP contribution is -2.06. The third-order valence-electron chi connectivity index (χ3n) is 5.49. The highest BCUT2D eigenvalue weighted by Crippen LogP contribution is 2.18. The lowest BCUT2D eigenvalue weighted by atomic mass is 9.97. The zero-order valence-electron chi connectivity index (χ0n) is 19.0. The molecular formula is C29H24O5S. The summed E-state index contributed by atoms with van der Waals surface area (Å²) >= 11 is 1.42. The molecule has 0 aliphatic heterocycles. The van der Waals surface area contributed by atoms with Gasteiger partial charge in [0.05, 0.1) is 11.5 Å². The van der Waals surface area contributed by atoms with Gasteiger partial charge in [0.25, 0.3) is 0 Å². The molecule has 0 fully saturated rings. The summed E-state index contributed by atoms with van der Waals surface area (Å²) in [7, 11) is 0. The number of carbonyl (C=O) groups is 3. The minimum absolute atomic E-state index is 0.0366. The minimum atomic E-state index is -0.113. The number of hydrogen-bond acceptors (Lipinski definition) is 6. The number of ketones is 3. The molecule has 6 heteroatoms. The topological polar surface area (TPSA) is 80.7 Å². The highest BCUT2D eigenvalue weighted by Gasteiger charge is 2.13. The highest BCUT2D eigenvalue weighted by atomic mass is 32.1. The molecule has 35 heavy (non-hydrogen) atoms. The molecule has 5 nitrogen and oxygen atoms in total. The van der Waals surface area contributed by atoms with Gasteiger partial charge in [-0.15, -0.1) is 11.3 Å². The Bertz CT molecular complexity index is 1290. The van der Waals surface area contributed by atoms with Crippen LogP contribution in [-0.4, -0.2) is 35.7 Å². The van der Waals surface area contributed by atoms with Crippen molar-refractivity contribution >= 4 is 28.7 Å². The minimum Gasteiger partial charge on any atom is -0.491 e. The molecule has 1 N–H and O–H groups in total. The van der Waals surface area contributed by atoms with Crippen molar-refractivity contribution in [3.05, 3.63) is 123 Å². The van der Waals surface area contributed by atoms with Gasteiger partial charge in [0.2, 0.25) is 0 Å². The van der Waals surface area contributed by atoms with E-state index in [0.29, 0.717) is 28.9 Å². The normalized spacial score (nSPS) is 10.7. The Morgan fingerprint density at radius 1 is 0.686 bits per heavy atom. The fourth-order valence-electron chi connectivity index (χ4n) is 3.61. The van der Waals surface area contributed by atoms with E-state index in [2.05, 4.69) is 0 Å². The SMILES string of the molecule is O=C(Cc1ccc(C(=O)c2ccc(CC(=O)c3cccs3)cc2)cc1)c1ccc(OCCO)cc1. The molecule has 0 amide bonds. The second-order valence-electron chi connectivity index (χ2n) is 8.00. The van der Waals surface area contributed by atoms with Crippen LogP contribution in [0.25, 0.3) is 0 Å². The van der Waals surface area contributed by atoms with Crippen molar-refractivity contribution in [2.45, 2.75) is 12.8 Å². The molecular weight excluding hydrogens is 460 g/mol. The van der Waals surface area contributed by atoms with Gasteiger partial charge in [-0.2, -0.15) is 0 Å². The number of aliphatic hydroxyl groups excluding tert-OH is 1. The maximum absolute atomic E-state index is 12.9. The average Bonchev–Trinajstić information content (AvgIpc) is 3.44. The van der Waals surface area contributed by atoms with Crippen LogP contribution in [0.2, 0.25) is 0 Å². The fourth-order valence-corrected chi connectivity index (χ4v) is 4.28. The van der Waals surface area contributed by atoms with Gasteiger partial charge in [-0.05, 0) is 46.8 Å². The number of hydrogen-bond donors (Lipinski definition) is 1. The van der Waals surface area contributed by atoms with E-state index in [9.17, 15) is 14.4 Å². The van der Waals surface area contributed by atoms with Crippen molar-refractivity contribution < 1.29 is 24.2 Å². The van der Waals surface area contributed by atoms with Gasteiger partial charge in [0.15, 0.2) is 17.3 Å². The van der Waals surface area contributed by atoms with Crippen molar-refractivity contribution in [1.82, 2.24) is 0 Å². The van der Waals surface area contributed by atoms with Crippen LogP contribution in [0.4, 0.5) is 0 Å². The molecule has 0 atom stereocenters. The van der Waals surface area contributed by atoms with Crippen LogP contribution in [0, 0.1) is 0 Å². The van der Waals surface area contributed by atoms with E-state index in [-0.39, 0.29) is 37.0 Å². The summed E-state index contributed by atoms with van der Waals surface area (Å²) in [6.45, 7) is 0.138. The Hall–Kier alpha value is -3.87. The van der Waals surface area contributed by atoms with Crippen LogP contribution >= 0.6 is 11.3 Å². The van der Waals surface area contributed by atoms with Crippen molar-refractivity contribution in [3.8, 4) is 5.75 Å². The molecule has 1 aromatic heterocycles. The van der Waals surface area contributed by atoms with Crippen LogP contribution in [0.1, 0.15) is 47.1 Å². The highest BCUT2D eigenvalue weighted by molar-refractivity contribution is 7.12. The van der Waals surface area contributed by atoms with Gasteiger partial charge >= 0.3 is 0 Å². The Labute approximate surface area is 207 Å². The molecule has 4 aromatic rings. The smallest absolute Gasteiger partial charge is 0.193 e. The number of carbonyl (C=O) groups excluding carboxylic acids is 3. The Morgan fingerprint density at radius 3 is 1.74 bits per heavy atom. The van der Waals surface area contributed by atoms with Gasteiger partial charge in [-0.1, -0.05) is 54.6 Å². The molecule has 176 valence electrons. The van der Waals surface area contributed by atoms with Crippen molar-refractivity contribution in [3.63, 3.8) is 0 Å². The third-order valence-corrected chi connectivity index (χ3v) is 6.40. The van der Waals surface area contributed by atoms with Gasteiger partial charge < -0.3 is 9.84 Å². The first kappa shape index (κ1) is 24.3. The van der Waals surface area contributed by atoms with Crippen LogP contribution in [-0.2, 0) is 12.8 Å². The Balaban J connectivity index is 1.35. The van der Waals surface area contributed by atoms with E-state index in [1.165, 1.54) is 11.3 Å². The maximum Gasteiger partial charge on any atom is 0.193 e. The van der Waals surface area contributed by atoms with E-state index in [1.54, 1.807) is 60.7 Å². The molecule has 3 aromatic carbocycles. The van der Waals surface area contributed by atoms with Gasteiger partial charge in [0.1, 0.15) is 12.4 Å². The van der Waals surface area contributed by atoms with Gasteiger partial charge in [-0.25, -0.2) is 0 Å². The largest absolute Gasteiger partial charge is 0.491 e. The number of aliphatic hydroxyl groups is 1. The summed E-state index contributed by atoms with van der Waals surface area (Å²) in [5.74, 6) is 0.513. The van der Waals surface area contributed by atoms with Crippen LogP contribution in [0.3, 0.4) is 0 Å². The first-order valence-corrected chi connectivity index (χ1v) is 12.1. The predicted molar refractivity (Wildman–Crippen MR) is 136 cm³/mol. The van der Waals surface area contributed by atoms with Gasteiger partial charge in [0, 0.05) is 29.5 Å². The van der Waals surface area contributed by atoms with Crippen LogP contribution in [0.15, 0.2) is 90.3 Å². The number of thiophene rings is 1. The summed E-state index contributed by atoms with van der Waals surface area (Å²) in [5, 5.41) is 10.7. The molecule has 0 saturated carbocycles. The second kappa shape index (κ2) is 11.5. The molecule has 0 spiro atoms. The third kappa shape index (κ3) is 6.38. The number of benzene rings is 3. The number of rotatable bonds is 11. The van der Waals surface area contributed by atoms with Crippen molar-refractivity contribution in [1.29, 1.82) is 0 Å². The molecule has 0 bridgehead atoms. The Morgan fingerprint density at radius 2 is 1.23 bits per heavy atom. The summed E-state index contributed by atoms with van der Waals surface area (Å²) in [5.41, 5.74) is 3.33. The first-order valence-electron chi connectivity index (χ1n) is 11.2. The molecule has 4 rings (SSSR count). The lowest BCUT2D eigenvalue weighted by molar-refractivity contribution is 0.0986. The molecule has 0 aliphatic carbocycles. The summed E-state index contributed by atoms with van der Waals surface area (Å²) < 4.78 is 5.31. The summed E-state index contributed by atoms with van der Waals surface area (Å²) in [6, 6.07) is 24.6. The maximum atomic E-state index is 12.9. The predicted octanol–water partition coefficient (Wildman–Crippen LogP) is 5.20. The fraction of sp³-hybridized carbons (Fsp3) is 0.138. The van der Waals surface area contributed by atoms with E-state index in [1.807, 2.05) is 29.6 Å². The summed E-state index contributed by atoms with van der Waals surface area (Å²) in [6.07, 6.45) is 0.522. The molecule has 1 heterocycles.